The van der Waals surface area contributed by atoms with Crippen LogP contribution in [0.1, 0.15) is 10.4 Å². The zero-order chi connectivity index (χ0) is 13.4. The van der Waals surface area contributed by atoms with Crippen molar-refractivity contribution < 1.29 is 19.4 Å². The van der Waals surface area contributed by atoms with E-state index in [1.807, 2.05) is 0 Å². The Bertz CT molecular complexity index is 420. The van der Waals surface area contributed by atoms with E-state index >= 15 is 0 Å². The molecule has 1 rings (SSSR count). The summed E-state index contributed by atoms with van der Waals surface area (Å²) in [5, 5.41) is 14.2. The molecule has 0 unspecified atom stereocenters. The fraction of sp³-hybridized carbons (Fsp3) is 0.333. The lowest BCUT2D eigenvalue weighted by Crippen LogP contribution is -2.33. The first kappa shape index (κ1) is 14.0. The number of rotatable bonds is 7. The van der Waals surface area contributed by atoms with Crippen LogP contribution in [0.2, 0.25) is 0 Å². The van der Waals surface area contributed by atoms with E-state index in [0.29, 0.717) is 18.9 Å². The third-order valence-corrected chi connectivity index (χ3v) is 2.19. The van der Waals surface area contributed by atoms with Crippen LogP contribution in [0.4, 0.5) is 0 Å². The second kappa shape index (κ2) is 7.29. The van der Waals surface area contributed by atoms with Gasteiger partial charge in [0.15, 0.2) is 0 Å². The van der Waals surface area contributed by atoms with E-state index in [0.717, 1.165) is 0 Å². The summed E-state index contributed by atoms with van der Waals surface area (Å²) in [5.74, 6) is -0.585. The van der Waals surface area contributed by atoms with Crippen LogP contribution >= 0.6 is 0 Å². The summed E-state index contributed by atoms with van der Waals surface area (Å²) < 4.78 is 5.35. The zero-order valence-electron chi connectivity index (χ0n) is 10.1. The Kier molecular flexibility index (Phi) is 5.66. The van der Waals surface area contributed by atoms with Crippen molar-refractivity contribution in [3.05, 3.63) is 29.8 Å². The molecular weight excluding hydrogens is 236 g/mol. The first-order valence-electron chi connectivity index (χ1n) is 5.51. The zero-order valence-corrected chi connectivity index (χ0v) is 10.1. The molecule has 0 fully saturated rings. The van der Waals surface area contributed by atoms with Crippen molar-refractivity contribution >= 4 is 11.9 Å². The molecule has 1 amide bonds. The fourth-order valence-electron chi connectivity index (χ4n) is 1.25. The highest BCUT2D eigenvalue weighted by molar-refractivity contribution is 5.88. The molecule has 3 N–H and O–H groups in total. The lowest BCUT2D eigenvalue weighted by atomic mass is 10.2. The van der Waals surface area contributed by atoms with Gasteiger partial charge in [0.25, 0.3) is 0 Å². The maximum Gasteiger partial charge on any atom is 0.335 e. The minimum Gasteiger partial charge on any atom is -0.492 e. The number of benzene rings is 1. The number of hydrogen-bond acceptors (Lipinski definition) is 4. The molecule has 0 spiro atoms. The van der Waals surface area contributed by atoms with Gasteiger partial charge in [-0.25, -0.2) is 4.79 Å². The lowest BCUT2D eigenvalue weighted by molar-refractivity contribution is -0.119. The molecule has 0 aliphatic rings. The van der Waals surface area contributed by atoms with Gasteiger partial charge >= 0.3 is 5.97 Å². The van der Waals surface area contributed by atoms with Gasteiger partial charge in [-0.2, -0.15) is 0 Å². The van der Waals surface area contributed by atoms with Gasteiger partial charge in [-0.3, -0.25) is 4.79 Å². The highest BCUT2D eigenvalue weighted by Crippen LogP contribution is 2.12. The maximum absolute atomic E-state index is 10.9. The summed E-state index contributed by atoms with van der Waals surface area (Å²) in [6, 6.07) is 6.27. The number of nitrogens with one attached hydrogen (secondary N) is 2. The second-order valence-electron chi connectivity index (χ2n) is 3.53. The van der Waals surface area contributed by atoms with E-state index in [2.05, 4.69) is 10.6 Å². The van der Waals surface area contributed by atoms with Crippen LogP contribution < -0.4 is 15.4 Å². The molecule has 6 heteroatoms. The third kappa shape index (κ3) is 4.84. The van der Waals surface area contributed by atoms with E-state index in [1.165, 1.54) is 12.1 Å². The molecule has 18 heavy (non-hydrogen) atoms. The lowest BCUT2D eigenvalue weighted by Gasteiger charge is -2.07. The molecular formula is C12H16N2O4. The third-order valence-electron chi connectivity index (χ3n) is 2.19. The number of carboxylic acids is 1. The summed E-state index contributed by atoms with van der Waals surface area (Å²) >= 11 is 0. The average molecular weight is 252 g/mol. The van der Waals surface area contributed by atoms with Crippen molar-refractivity contribution in [1.29, 1.82) is 0 Å². The number of ether oxygens (including phenoxy) is 1. The first-order chi connectivity index (χ1) is 8.63. The smallest absolute Gasteiger partial charge is 0.335 e. The molecule has 0 atom stereocenters. The molecule has 1 aromatic carbocycles. The van der Waals surface area contributed by atoms with Gasteiger partial charge in [-0.15, -0.1) is 0 Å². The van der Waals surface area contributed by atoms with Crippen molar-refractivity contribution in [2.45, 2.75) is 0 Å². The van der Waals surface area contributed by atoms with Crippen LogP contribution in [0.3, 0.4) is 0 Å². The van der Waals surface area contributed by atoms with Crippen LogP contribution in [0.5, 0.6) is 5.75 Å². The van der Waals surface area contributed by atoms with Crippen LogP contribution in [0.15, 0.2) is 24.3 Å². The van der Waals surface area contributed by atoms with E-state index < -0.39 is 5.97 Å². The van der Waals surface area contributed by atoms with Gasteiger partial charge in [0.05, 0.1) is 12.1 Å². The van der Waals surface area contributed by atoms with Crippen LogP contribution in [0, 0.1) is 0 Å². The first-order valence-corrected chi connectivity index (χ1v) is 5.51. The molecule has 0 heterocycles. The minimum absolute atomic E-state index is 0.0946. The summed E-state index contributed by atoms with van der Waals surface area (Å²) in [6.07, 6.45) is 0. The minimum atomic E-state index is -0.988. The number of amides is 1. The maximum atomic E-state index is 10.9. The molecule has 0 aliphatic carbocycles. The van der Waals surface area contributed by atoms with Gasteiger partial charge < -0.3 is 20.5 Å². The van der Waals surface area contributed by atoms with Gasteiger partial charge in [-0.05, 0) is 18.2 Å². The summed E-state index contributed by atoms with van der Waals surface area (Å²) in [5.41, 5.74) is 0.186. The Balaban J connectivity index is 2.29. The molecule has 0 aromatic heterocycles. The van der Waals surface area contributed by atoms with Gasteiger partial charge in [-0.1, -0.05) is 6.07 Å². The molecule has 0 saturated carbocycles. The molecule has 98 valence electrons. The van der Waals surface area contributed by atoms with E-state index in [1.54, 1.807) is 19.2 Å². The normalized spacial score (nSPS) is 9.83. The van der Waals surface area contributed by atoms with E-state index in [-0.39, 0.29) is 18.0 Å². The number of carboxylic acid groups (broad SMARTS) is 1. The van der Waals surface area contributed by atoms with Crippen molar-refractivity contribution in [3.8, 4) is 5.75 Å². The van der Waals surface area contributed by atoms with Crippen molar-refractivity contribution in [3.63, 3.8) is 0 Å². The molecule has 0 radical (unpaired) electrons. The predicted octanol–water partition coefficient (Wildman–Crippen LogP) is 0.0992. The second-order valence-corrected chi connectivity index (χ2v) is 3.53. The molecule has 1 aromatic rings. The van der Waals surface area contributed by atoms with Gasteiger partial charge in [0.1, 0.15) is 12.4 Å². The van der Waals surface area contributed by atoms with E-state index in [9.17, 15) is 9.59 Å². The number of likely N-dealkylation sites (N-methyl/N-ethyl adjacent to an activating group) is 1. The summed E-state index contributed by atoms with van der Waals surface area (Å²) in [7, 11) is 1.57. The number of hydrogen-bond donors (Lipinski definition) is 3. The molecule has 6 nitrogen and oxygen atoms in total. The van der Waals surface area contributed by atoms with Gasteiger partial charge in [0.2, 0.25) is 5.91 Å². The highest BCUT2D eigenvalue weighted by atomic mass is 16.5. The van der Waals surface area contributed by atoms with Crippen LogP contribution in [-0.2, 0) is 4.79 Å². The number of carbonyl (C=O) groups is 2. The predicted molar refractivity (Wildman–Crippen MR) is 65.8 cm³/mol. The van der Waals surface area contributed by atoms with Gasteiger partial charge in [0, 0.05) is 13.6 Å². The Morgan fingerprint density at radius 3 is 2.83 bits per heavy atom. The standard InChI is InChI=1S/C12H16N2O4/c1-13-11(15)8-14-5-6-18-10-4-2-3-9(7-10)12(16)17/h2-4,7,14H,5-6,8H2,1H3,(H,13,15)(H,16,17). The topological polar surface area (TPSA) is 87.7 Å². The number of carbonyl (C=O) groups excluding carboxylic acids is 1. The van der Waals surface area contributed by atoms with Crippen LogP contribution in [0.25, 0.3) is 0 Å². The highest BCUT2D eigenvalue weighted by Gasteiger charge is 2.03. The Morgan fingerprint density at radius 1 is 1.39 bits per heavy atom. The Morgan fingerprint density at radius 2 is 2.17 bits per heavy atom. The van der Waals surface area contributed by atoms with E-state index in [4.69, 9.17) is 9.84 Å². The quantitative estimate of drug-likeness (QED) is 0.599. The largest absolute Gasteiger partial charge is 0.492 e. The Hall–Kier alpha value is -2.08. The molecule has 0 aliphatic heterocycles. The van der Waals surface area contributed by atoms with Crippen molar-refractivity contribution in [2.24, 2.45) is 0 Å². The number of aromatic carboxylic acids is 1. The summed E-state index contributed by atoms with van der Waals surface area (Å²) in [6.45, 7) is 1.10. The van der Waals surface area contributed by atoms with Crippen molar-refractivity contribution in [1.82, 2.24) is 10.6 Å². The Labute approximate surface area is 105 Å². The monoisotopic (exact) mass is 252 g/mol. The average Bonchev–Trinajstić information content (AvgIpc) is 2.38. The molecule has 0 saturated heterocycles. The SMILES string of the molecule is CNC(=O)CNCCOc1cccc(C(=O)O)c1. The molecule has 0 bridgehead atoms. The van der Waals surface area contributed by atoms with Crippen molar-refractivity contribution in [2.75, 3.05) is 26.7 Å². The van der Waals surface area contributed by atoms with Crippen LogP contribution in [-0.4, -0.2) is 43.7 Å². The summed E-state index contributed by atoms with van der Waals surface area (Å²) in [4.78, 5) is 21.6. The fourth-order valence-corrected chi connectivity index (χ4v) is 1.25.